The third-order valence-corrected chi connectivity index (χ3v) is 3.36. The molecule has 1 N–H and O–H groups in total. The van der Waals surface area contributed by atoms with E-state index in [0.717, 1.165) is 28.3 Å². The molecule has 0 amide bonds. The van der Waals surface area contributed by atoms with Crippen LogP contribution in [0.5, 0.6) is 0 Å². The van der Waals surface area contributed by atoms with E-state index in [-0.39, 0.29) is 5.76 Å². The number of fused-ring (bicyclic) bond motifs is 1. The Labute approximate surface area is 100 Å². The average Bonchev–Trinajstić information content (AvgIpc) is 2.99. The van der Waals surface area contributed by atoms with Crippen molar-refractivity contribution in [1.82, 2.24) is 0 Å². The van der Waals surface area contributed by atoms with Crippen molar-refractivity contribution < 1.29 is 14.3 Å². The number of hydrogen-bond acceptors (Lipinski definition) is 2. The number of benzene rings is 1. The Morgan fingerprint density at radius 1 is 1.44 bits per heavy atom. The van der Waals surface area contributed by atoms with Crippen molar-refractivity contribution in [3.05, 3.63) is 34.0 Å². The Balaban J connectivity index is 2.33. The van der Waals surface area contributed by atoms with Gasteiger partial charge in [-0.1, -0.05) is 15.9 Å². The molecule has 1 fully saturated rings. The molecule has 4 heteroatoms. The molecular weight excluding hydrogens is 272 g/mol. The molecule has 0 unspecified atom stereocenters. The predicted molar refractivity (Wildman–Crippen MR) is 62.8 cm³/mol. The zero-order valence-corrected chi connectivity index (χ0v) is 9.95. The van der Waals surface area contributed by atoms with Gasteiger partial charge < -0.3 is 9.52 Å². The van der Waals surface area contributed by atoms with Crippen LogP contribution in [0.25, 0.3) is 11.0 Å². The van der Waals surface area contributed by atoms with Crippen molar-refractivity contribution in [2.45, 2.75) is 18.8 Å². The Hall–Kier alpha value is -1.29. The van der Waals surface area contributed by atoms with Crippen molar-refractivity contribution in [1.29, 1.82) is 0 Å². The van der Waals surface area contributed by atoms with Crippen LogP contribution in [-0.2, 0) is 0 Å². The fourth-order valence-electron chi connectivity index (χ4n) is 2.03. The maximum atomic E-state index is 11.1. The van der Waals surface area contributed by atoms with Crippen molar-refractivity contribution in [2.24, 2.45) is 0 Å². The third-order valence-electron chi connectivity index (χ3n) is 2.87. The second kappa shape index (κ2) is 3.35. The molecule has 1 aliphatic carbocycles. The largest absolute Gasteiger partial charge is 0.475 e. The van der Waals surface area contributed by atoms with Gasteiger partial charge in [0, 0.05) is 15.4 Å². The van der Waals surface area contributed by atoms with Gasteiger partial charge in [0.15, 0.2) is 0 Å². The summed E-state index contributed by atoms with van der Waals surface area (Å²) in [4.78, 5) is 11.1. The molecule has 0 spiro atoms. The van der Waals surface area contributed by atoms with Gasteiger partial charge in [0.25, 0.3) is 0 Å². The summed E-state index contributed by atoms with van der Waals surface area (Å²) in [6.45, 7) is 0. The smallest absolute Gasteiger partial charge is 0.372 e. The first-order chi connectivity index (χ1) is 7.66. The second-order valence-corrected chi connectivity index (χ2v) is 4.98. The molecule has 0 saturated heterocycles. The third kappa shape index (κ3) is 1.45. The minimum atomic E-state index is -0.978. The van der Waals surface area contributed by atoms with Crippen LogP contribution in [0.4, 0.5) is 0 Å². The molecular formula is C12H9BrO3. The van der Waals surface area contributed by atoms with Gasteiger partial charge in [-0.2, -0.15) is 0 Å². The van der Waals surface area contributed by atoms with Crippen LogP contribution in [0.2, 0.25) is 0 Å². The van der Waals surface area contributed by atoms with Crippen molar-refractivity contribution >= 4 is 32.9 Å². The maximum Gasteiger partial charge on any atom is 0.372 e. The number of carboxylic acids is 1. The molecule has 0 bridgehead atoms. The number of halogens is 1. The molecule has 3 rings (SSSR count). The van der Waals surface area contributed by atoms with Gasteiger partial charge in [0.2, 0.25) is 5.76 Å². The normalized spacial score (nSPS) is 15.6. The van der Waals surface area contributed by atoms with E-state index in [0.29, 0.717) is 11.5 Å². The van der Waals surface area contributed by atoms with Crippen LogP contribution in [0.3, 0.4) is 0 Å². The fraction of sp³-hybridized carbons (Fsp3) is 0.250. The Bertz CT molecular complexity index is 581. The van der Waals surface area contributed by atoms with Crippen LogP contribution in [0.15, 0.2) is 27.1 Å². The standard InChI is InChI=1S/C12H9BrO3/c13-7-3-4-9-8(5-7)10(6-1-2-6)11(16-9)12(14)15/h3-6H,1-2H2,(H,14,15). The lowest BCUT2D eigenvalue weighted by Gasteiger charge is -1.96. The van der Waals surface area contributed by atoms with Crippen LogP contribution in [-0.4, -0.2) is 11.1 Å². The number of carboxylic acid groups (broad SMARTS) is 1. The Morgan fingerprint density at radius 2 is 2.19 bits per heavy atom. The van der Waals surface area contributed by atoms with Gasteiger partial charge >= 0.3 is 5.97 Å². The molecule has 1 aliphatic rings. The van der Waals surface area contributed by atoms with E-state index in [1.165, 1.54) is 0 Å². The monoisotopic (exact) mass is 280 g/mol. The first-order valence-electron chi connectivity index (χ1n) is 5.12. The summed E-state index contributed by atoms with van der Waals surface area (Å²) >= 11 is 3.39. The molecule has 1 heterocycles. The molecule has 3 nitrogen and oxygen atoms in total. The lowest BCUT2D eigenvalue weighted by atomic mass is 10.1. The van der Waals surface area contributed by atoms with E-state index >= 15 is 0 Å². The minimum absolute atomic E-state index is 0.107. The predicted octanol–water partition coefficient (Wildman–Crippen LogP) is 3.77. The molecule has 0 aliphatic heterocycles. The van der Waals surface area contributed by atoms with Crippen LogP contribution >= 0.6 is 15.9 Å². The number of carbonyl (C=O) groups is 1. The maximum absolute atomic E-state index is 11.1. The van der Waals surface area contributed by atoms with Gasteiger partial charge in [-0.15, -0.1) is 0 Å². The van der Waals surface area contributed by atoms with Gasteiger partial charge in [-0.3, -0.25) is 0 Å². The summed E-state index contributed by atoms with van der Waals surface area (Å²) in [6.07, 6.45) is 2.11. The number of hydrogen-bond donors (Lipinski definition) is 1. The van der Waals surface area contributed by atoms with Crippen molar-refractivity contribution in [3.63, 3.8) is 0 Å². The number of furan rings is 1. The van der Waals surface area contributed by atoms with E-state index in [1.807, 2.05) is 12.1 Å². The van der Waals surface area contributed by atoms with Gasteiger partial charge in [0.1, 0.15) is 5.58 Å². The summed E-state index contributed by atoms with van der Waals surface area (Å²) in [5, 5.41) is 10.0. The molecule has 2 aromatic rings. The first-order valence-corrected chi connectivity index (χ1v) is 5.91. The lowest BCUT2D eigenvalue weighted by molar-refractivity contribution is 0.0663. The van der Waals surface area contributed by atoms with Crippen LogP contribution in [0, 0.1) is 0 Å². The zero-order chi connectivity index (χ0) is 11.3. The van der Waals surface area contributed by atoms with Gasteiger partial charge in [0.05, 0.1) is 0 Å². The lowest BCUT2D eigenvalue weighted by Crippen LogP contribution is -1.97. The van der Waals surface area contributed by atoms with Crippen LogP contribution in [0.1, 0.15) is 34.9 Å². The van der Waals surface area contributed by atoms with Crippen molar-refractivity contribution in [3.8, 4) is 0 Å². The molecule has 0 atom stereocenters. The van der Waals surface area contributed by atoms with Crippen LogP contribution < -0.4 is 0 Å². The van der Waals surface area contributed by atoms with Gasteiger partial charge in [-0.25, -0.2) is 4.79 Å². The van der Waals surface area contributed by atoms with Crippen molar-refractivity contribution in [2.75, 3.05) is 0 Å². The highest BCUT2D eigenvalue weighted by molar-refractivity contribution is 9.10. The molecule has 82 valence electrons. The highest BCUT2D eigenvalue weighted by atomic mass is 79.9. The summed E-state index contributed by atoms with van der Waals surface area (Å²) in [5.41, 5.74) is 1.52. The fourth-order valence-corrected chi connectivity index (χ4v) is 2.39. The second-order valence-electron chi connectivity index (χ2n) is 4.06. The Morgan fingerprint density at radius 3 is 2.81 bits per heavy atom. The first kappa shape index (κ1) is 9.90. The highest BCUT2D eigenvalue weighted by Crippen LogP contribution is 2.46. The Kier molecular flexibility index (Phi) is 2.07. The van der Waals surface area contributed by atoms with Gasteiger partial charge in [-0.05, 0) is 37.0 Å². The molecule has 1 saturated carbocycles. The SMILES string of the molecule is O=C(O)c1oc2ccc(Br)cc2c1C1CC1. The van der Waals surface area contributed by atoms with E-state index in [1.54, 1.807) is 6.07 Å². The number of aromatic carboxylic acids is 1. The zero-order valence-electron chi connectivity index (χ0n) is 8.37. The van der Waals surface area contributed by atoms with E-state index in [4.69, 9.17) is 9.52 Å². The van der Waals surface area contributed by atoms with E-state index in [2.05, 4.69) is 15.9 Å². The summed E-state index contributed by atoms with van der Waals surface area (Å²) < 4.78 is 6.34. The minimum Gasteiger partial charge on any atom is -0.475 e. The molecule has 1 aromatic carbocycles. The molecule has 1 aromatic heterocycles. The summed E-state index contributed by atoms with van der Waals surface area (Å²) in [7, 11) is 0. The highest BCUT2D eigenvalue weighted by Gasteiger charge is 2.33. The van der Waals surface area contributed by atoms with E-state index in [9.17, 15) is 4.79 Å². The summed E-state index contributed by atoms with van der Waals surface area (Å²) in [5.74, 6) is -0.508. The molecule has 16 heavy (non-hydrogen) atoms. The number of rotatable bonds is 2. The summed E-state index contributed by atoms with van der Waals surface area (Å²) in [6, 6.07) is 5.59. The van der Waals surface area contributed by atoms with E-state index < -0.39 is 5.97 Å². The molecule has 0 radical (unpaired) electrons. The quantitative estimate of drug-likeness (QED) is 0.911. The topological polar surface area (TPSA) is 50.4 Å². The average molecular weight is 281 g/mol.